The minimum Gasteiger partial charge on any atom is -0.398 e. The number of carbonyl (C=O) groups is 2. The normalized spacial score (nSPS) is 13.6. The van der Waals surface area contributed by atoms with Crippen LogP contribution in [0.4, 0.5) is 11.4 Å². The van der Waals surface area contributed by atoms with Gasteiger partial charge in [-0.3, -0.25) is 14.1 Å². The molecule has 0 heterocycles. The molecule has 7 nitrogen and oxygen atoms in total. The number of hydrogen-bond donors (Lipinski definition) is 3. The Balaban J connectivity index is 2.44. The lowest BCUT2D eigenvalue weighted by molar-refractivity contribution is 0.0980. The maximum Gasteiger partial charge on any atom is 0.296 e. The molecular weight excluding hydrogens is 344 g/mol. The van der Waals surface area contributed by atoms with E-state index in [9.17, 15) is 22.6 Å². The van der Waals surface area contributed by atoms with Crippen molar-refractivity contribution in [1.82, 2.24) is 0 Å². The van der Waals surface area contributed by atoms with Gasteiger partial charge in [0.05, 0.1) is 16.8 Å². The molecular formula is C17H16N2O5S. The topological polar surface area (TPSA) is 127 Å². The van der Waals surface area contributed by atoms with E-state index in [1.54, 1.807) is 26.0 Å². The van der Waals surface area contributed by atoms with Crippen LogP contribution >= 0.6 is 0 Å². The summed E-state index contributed by atoms with van der Waals surface area (Å²) in [4.78, 5) is 25.2. The molecule has 0 fully saturated rings. The van der Waals surface area contributed by atoms with Crippen LogP contribution in [-0.2, 0) is 10.1 Å². The van der Waals surface area contributed by atoms with E-state index in [0.29, 0.717) is 0 Å². The first-order valence-electron chi connectivity index (χ1n) is 7.52. The molecule has 8 heteroatoms. The molecule has 0 saturated carbocycles. The van der Waals surface area contributed by atoms with Crippen molar-refractivity contribution in [2.24, 2.45) is 0 Å². The third kappa shape index (κ3) is 2.69. The van der Waals surface area contributed by atoms with Gasteiger partial charge in [-0.05, 0) is 19.9 Å². The predicted octanol–water partition coefficient (Wildman–Crippen LogP) is 2.11. The Morgan fingerprint density at radius 3 is 2.04 bits per heavy atom. The van der Waals surface area contributed by atoms with Gasteiger partial charge < -0.3 is 11.1 Å². The highest BCUT2D eigenvalue weighted by Crippen LogP contribution is 2.39. The van der Waals surface area contributed by atoms with Crippen molar-refractivity contribution in [2.45, 2.75) is 24.8 Å². The molecule has 0 bridgehead atoms. The van der Waals surface area contributed by atoms with E-state index in [1.165, 1.54) is 12.1 Å². The zero-order valence-electron chi connectivity index (χ0n) is 13.5. The first-order chi connectivity index (χ1) is 11.6. The van der Waals surface area contributed by atoms with Crippen molar-refractivity contribution in [2.75, 3.05) is 11.1 Å². The molecule has 0 aliphatic heterocycles. The summed E-state index contributed by atoms with van der Waals surface area (Å²) < 4.78 is 33.1. The Bertz CT molecular complexity index is 1030. The van der Waals surface area contributed by atoms with E-state index in [-0.39, 0.29) is 39.7 Å². The quantitative estimate of drug-likeness (QED) is 0.482. The molecule has 0 atom stereocenters. The summed E-state index contributed by atoms with van der Waals surface area (Å²) in [6.07, 6.45) is 0. The number of fused-ring (bicyclic) bond motifs is 2. The van der Waals surface area contributed by atoms with Crippen LogP contribution in [0.25, 0.3) is 0 Å². The number of rotatable bonds is 3. The summed E-state index contributed by atoms with van der Waals surface area (Å²) in [5.74, 6) is -0.984. The Hall–Kier alpha value is -2.71. The van der Waals surface area contributed by atoms with Crippen LogP contribution < -0.4 is 11.1 Å². The highest BCUT2D eigenvalue weighted by Gasteiger charge is 2.36. The van der Waals surface area contributed by atoms with Crippen LogP contribution in [0.5, 0.6) is 0 Å². The molecule has 0 aromatic heterocycles. The number of nitrogens with one attached hydrogen (secondary N) is 1. The fourth-order valence-corrected chi connectivity index (χ4v) is 3.63. The highest BCUT2D eigenvalue weighted by molar-refractivity contribution is 7.86. The van der Waals surface area contributed by atoms with Gasteiger partial charge in [0.25, 0.3) is 10.1 Å². The lowest BCUT2D eigenvalue weighted by Gasteiger charge is -2.25. The van der Waals surface area contributed by atoms with Gasteiger partial charge in [0, 0.05) is 22.9 Å². The number of nitrogen functional groups attached to an aromatic ring is 1. The standard InChI is InChI=1S/C17H16N2O5S/c1-8(2)19-15-12(25(22,23)24)7-11(18)13-14(15)17(21)10-6-4-3-5-9(10)16(13)20/h3-8,19H,18H2,1-2H3,(H,22,23,24). The summed E-state index contributed by atoms with van der Waals surface area (Å²) >= 11 is 0. The van der Waals surface area contributed by atoms with Crippen molar-refractivity contribution < 1.29 is 22.6 Å². The van der Waals surface area contributed by atoms with Gasteiger partial charge in [-0.2, -0.15) is 8.42 Å². The summed E-state index contributed by atoms with van der Waals surface area (Å²) in [6, 6.07) is 7.00. The number of anilines is 2. The molecule has 130 valence electrons. The molecule has 2 aromatic carbocycles. The smallest absolute Gasteiger partial charge is 0.296 e. The van der Waals surface area contributed by atoms with Crippen LogP contribution in [-0.4, -0.2) is 30.6 Å². The van der Waals surface area contributed by atoms with Gasteiger partial charge in [0.2, 0.25) is 0 Å². The van der Waals surface area contributed by atoms with Crippen LogP contribution in [0.2, 0.25) is 0 Å². The van der Waals surface area contributed by atoms with Crippen LogP contribution in [0.1, 0.15) is 45.7 Å². The van der Waals surface area contributed by atoms with Crippen molar-refractivity contribution in [3.8, 4) is 0 Å². The average Bonchev–Trinajstić information content (AvgIpc) is 2.52. The lowest BCUT2D eigenvalue weighted by atomic mass is 9.82. The monoisotopic (exact) mass is 360 g/mol. The molecule has 3 rings (SSSR count). The molecule has 2 aromatic rings. The van der Waals surface area contributed by atoms with Gasteiger partial charge in [0.1, 0.15) is 4.90 Å². The zero-order chi connectivity index (χ0) is 18.5. The maximum absolute atomic E-state index is 13.0. The highest BCUT2D eigenvalue weighted by atomic mass is 32.2. The Morgan fingerprint density at radius 2 is 1.56 bits per heavy atom. The van der Waals surface area contributed by atoms with E-state index in [0.717, 1.165) is 6.07 Å². The average molecular weight is 360 g/mol. The molecule has 4 N–H and O–H groups in total. The van der Waals surface area contributed by atoms with E-state index in [1.807, 2.05) is 0 Å². The van der Waals surface area contributed by atoms with E-state index in [4.69, 9.17) is 5.73 Å². The summed E-state index contributed by atoms with van der Waals surface area (Å²) in [6.45, 7) is 3.47. The fourth-order valence-electron chi connectivity index (χ4n) is 2.93. The largest absolute Gasteiger partial charge is 0.398 e. The van der Waals surface area contributed by atoms with Crippen LogP contribution in [0, 0.1) is 0 Å². The maximum atomic E-state index is 13.0. The molecule has 25 heavy (non-hydrogen) atoms. The van der Waals surface area contributed by atoms with Gasteiger partial charge >= 0.3 is 0 Å². The first-order valence-corrected chi connectivity index (χ1v) is 8.96. The number of carbonyl (C=O) groups excluding carboxylic acids is 2. The Morgan fingerprint density at radius 1 is 1.04 bits per heavy atom. The second kappa shape index (κ2) is 5.68. The molecule has 0 saturated heterocycles. The predicted molar refractivity (Wildman–Crippen MR) is 92.7 cm³/mol. The minimum absolute atomic E-state index is 0.0562. The van der Waals surface area contributed by atoms with Crippen molar-refractivity contribution in [1.29, 1.82) is 0 Å². The molecule has 0 amide bonds. The lowest BCUT2D eigenvalue weighted by Crippen LogP contribution is -2.26. The Kier molecular flexibility index (Phi) is 3.89. The number of hydrogen-bond acceptors (Lipinski definition) is 6. The number of benzene rings is 2. The number of nitrogens with two attached hydrogens (primary N) is 1. The second-order valence-electron chi connectivity index (χ2n) is 6.07. The van der Waals surface area contributed by atoms with Gasteiger partial charge in [-0.15, -0.1) is 0 Å². The fraction of sp³-hybridized carbons (Fsp3) is 0.176. The third-order valence-corrected chi connectivity index (χ3v) is 4.78. The van der Waals surface area contributed by atoms with Crippen molar-refractivity contribution in [3.05, 3.63) is 52.6 Å². The molecule has 1 aliphatic rings. The number of ketones is 2. The van der Waals surface area contributed by atoms with Gasteiger partial charge in [0.15, 0.2) is 11.6 Å². The molecule has 1 aliphatic carbocycles. The van der Waals surface area contributed by atoms with E-state index >= 15 is 0 Å². The molecule has 0 radical (unpaired) electrons. The van der Waals surface area contributed by atoms with Crippen LogP contribution in [0.15, 0.2) is 35.2 Å². The first kappa shape index (κ1) is 17.1. The van der Waals surface area contributed by atoms with Crippen molar-refractivity contribution >= 4 is 33.1 Å². The second-order valence-corrected chi connectivity index (χ2v) is 7.46. The Labute approximate surface area is 144 Å². The SMILES string of the molecule is CC(C)Nc1c(S(=O)(=O)O)cc(N)c2c1C(=O)c1ccccc1C2=O. The van der Waals surface area contributed by atoms with Crippen molar-refractivity contribution in [3.63, 3.8) is 0 Å². The zero-order valence-corrected chi connectivity index (χ0v) is 14.3. The van der Waals surface area contributed by atoms with Gasteiger partial charge in [-0.25, -0.2) is 0 Å². The molecule has 0 spiro atoms. The van der Waals surface area contributed by atoms with E-state index in [2.05, 4.69) is 5.32 Å². The van der Waals surface area contributed by atoms with Crippen LogP contribution in [0.3, 0.4) is 0 Å². The third-order valence-electron chi connectivity index (χ3n) is 3.90. The van der Waals surface area contributed by atoms with Gasteiger partial charge in [-0.1, -0.05) is 24.3 Å². The van der Waals surface area contributed by atoms with E-state index < -0.39 is 26.6 Å². The summed E-state index contributed by atoms with van der Waals surface area (Å²) in [5, 5.41) is 2.85. The minimum atomic E-state index is -4.66. The summed E-state index contributed by atoms with van der Waals surface area (Å²) in [5.41, 5.74) is 5.76. The summed E-state index contributed by atoms with van der Waals surface area (Å²) in [7, 11) is -4.66. The molecule has 0 unspecified atom stereocenters.